The quantitative estimate of drug-likeness (QED) is 0.827. The normalized spacial score (nSPS) is 10.4. The number of carbonyl (C=O) groups excluding carboxylic acids is 2. The van der Waals surface area contributed by atoms with E-state index in [9.17, 15) is 14.0 Å². The SMILES string of the molecule is Cc1ccc(C(=O)OCC(=O)Nc2nc(C)c(Cl)cc2Cl)cc1F. The van der Waals surface area contributed by atoms with Gasteiger partial charge in [-0.15, -0.1) is 0 Å². The van der Waals surface area contributed by atoms with Crippen LogP contribution in [0.25, 0.3) is 0 Å². The van der Waals surface area contributed by atoms with E-state index >= 15 is 0 Å². The summed E-state index contributed by atoms with van der Waals surface area (Å²) in [5, 5.41) is 2.94. The molecule has 1 aromatic carbocycles. The van der Waals surface area contributed by atoms with Gasteiger partial charge in [0.25, 0.3) is 5.91 Å². The van der Waals surface area contributed by atoms with Crippen LogP contribution < -0.4 is 5.32 Å². The Morgan fingerprint density at radius 3 is 2.58 bits per heavy atom. The van der Waals surface area contributed by atoms with E-state index in [1.54, 1.807) is 13.8 Å². The van der Waals surface area contributed by atoms with E-state index in [0.29, 0.717) is 16.3 Å². The summed E-state index contributed by atoms with van der Waals surface area (Å²) in [6, 6.07) is 5.37. The lowest BCUT2D eigenvalue weighted by atomic mass is 10.1. The highest BCUT2D eigenvalue weighted by Gasteiger charge is 2.14. The summed E-state index contributed by atoms with van der Waals surface area (Å²) in [7, 11) is 0. The molecular weight excluding hydrogens is 358 g/mol. The minimum absolute atomic E-state index is 0.0180. The number of hydrogen-bond donors (Lipinski definition) is 1. The Morgan fingerprint density at radius 2 is 1.92 bits per heavy atom. The highest BCUT2D eigenvalue weighted by molar-refractivity contribution is 6.36. The van der Waals surface area contributed by atoms with Crippen LogP contribution in [-0.2, 0) is 9.53 Å². The number of carbonyl (C=O) groups is 2. The van der Waals surface area contributed by atoms with Crippen LogP contribution in [0, 0.1) is 19.7 Å². The molecule has 1 heterocycles. The molecule has 0 atom stereocenters. The summed E-state index contributed by atoms with van der Waals surface area (Å²) < 4.78 is 18.3. The highest BCUT2D eigenvalue weighted by atomic mass is 35.5. The summed E-state index contributed by atoms with van der Waals surface area (Å²) in [6.45, 7) is 2.66. The number of aromatic nitrogens is 1. The largest absolute Gasteiger partial charge is 0.452 e. The van der Waals surface area contributed by atoms with Crippen molar-refractivity contribution in [3.8, 4) is 0 Å². The molecule has 0 saturated carbocycles. The molecule has 0 aliphatic heterocycles. The van der Waals surface area contributed by atoms with Gasteiger partial charge in [0, 0.05) is 0 Å². The van der Waals surface area contributed by atoms with Gasteiger partial charge in [0.15, 0.2) is 12.4 Å². The fraction of sp³-hybridized carbons (Fsp3) is 0.188. The van der Waals surface area contributed by atoms with Gasteiger partial charge in [-0.1, -0.05) is 29.3 Å². The number of ether oxygens (including phenoxy) is 1. The molecule has 1 aromatic heterocycles. The molecule has 0 aliphatic rings. The molecule has 2 rings (SSSR count). The number of amides is 1. The van der Waals surface area contributed by atoms with Gasteiger partial charge in [0.05, 0.1) is 21.3 Å². The third-order valence-corrected chi connectivity index (χ3v) is 3.78. The zero-order chi connectivity index (χ0) is 17.9. The van der Waals surface area contributed by atoms with E-state index in [1.807, 2.05) is 0 Å². The first-order chi connectivity index (χ1) is 11.3. The second-order valence-electron chi connectivity index (χ2n) is 4.97. The molecule has 0 radical (unpaired) electrons. The van der Waals surface area contributed by atoms with Gasteiger partial charge in [-0.2, -0.15) is 0 Å². The topological polar surface area (TPSA) is 68.3 Å². The summed E-state index contributed by atoms with van der Waals surface area (Å²) >= 11 is 11.8. The summed E-state index contributed by atoms with van der Waals surface area (Å²) in [5.41, 5.74) is 0.913. The predicted molar refractivity (Wildman–Crippen MR) is 89.0 cm³/mol. The number of benzene rings is 1. The molecule has 0 spiro atoms. The number of nitrogens with zero attached hydrogens (tertiary/aromatic N) is 1. The molecule has 0 fully saturated rings. The second-order valence-corrected chi connectivity index (χ2v) is 5.79. The maximum absolute atomic E-state index is 13.4. The van der Waals surface area contributed by atoms with Gasteiger partial charge in [-0.3, -0.25) is 4.79 Å². The molecule has 0 bridgehead atoms. The third-order valence-electron chi connectivity index (χ3n) is 3.10. The van der Waals surface area contributed by atoms with Crippen LogP contribution in [-0.4, -0.2) is 23.5 Å². The molecule has 1 N–H and O–H groups in total. The molecule has 0 unspecified atom stereocenters. The fourth-order valence-corrected chi connectivity index (χ4v) is 2.15. The van der Waals surface area contributed by atoms with E-state index in [2.05, 4.69) is 10.3 Å². The number of aryl methyl sites for hydroxylation is 2. The average Bonchev–Trinajstić information content (AvgIpc) is 2.53. The van der Waals surface area contributed by atoms with Gasteiger partial charge in [-0.25, -0.2) is 14.2 Å². The standard InChI is InChI=1S/C16H13Cl2FN2O3/c1-8-3-4-10(5-13(8)19)16(23)24-7-14(22)21-15-12(18)6-11(17)9(2)20-15/h3-6H,7H2,1-2H3,(H,20,21,22). The Kier molecular flexibility index (Phi) is 5.75. The van der Waals surface area contributed by atoms with Crippen molar-refractivity contribution in [2.24, 2.45) is 0 Å². The van der Waals surface area contributed by atoms with Crippen LogP contribution in [0.4, 0.5) is 10.2 Å². The van der Waals surface area contributed by atoms with Crippen LogP contribution in [0.5, 0.6) is 0 Å². The molecule has 24 heavy (non-hydrogen) atoms. The lowest BCUT2D eigenvalue weighted by Gasteiger charge is -2.09. The lowest BCUT2D eigenvalue weighted by Crippen LogP contribution is -2.22. The lowest BCUT2D eigenvalue weighted by molar-refractivity contribution is -0.119. The van der Waals surface area contributed by atoms with Crippen LogP contribution in [0.1, 0.15) is 21.6 Å². The number of halogens is 3. The van der Waals surface area contributed by atoms with Crippen molar-refractivity contribution < 1.29 is 18.7 Å². The second kappa shape index (κ2) is 7.59. The van der Waals surface area contributed by atoms with Gasteiger partial charge < -0.3 is 10.1 Å². The van der Waals surface area contributed by atoms with Crippen LogP contribution >= 0.6 is 23.2 Å². The molecule has 0 aliphatic carbocycles. The summed E-state index contributed by atoms with van der Waals surface area (Å²) in [4.78, 5) is 27.7. The monoisotopic (exact) mass is 370 g/mol. The van der Waals surface area contributed by atoms with Gasteiger partial charge in [0.1, 0.15) is 5.82 Å². The number of pyridine rings is 1. The zero-order valence-electron chi connectivity index (χ0n) is 12.8. The Balaban J connectivity index is 1.97. The number of nitrogens with one attached hydrogen (secondary N) is 1. The maximum atomic E-state index is 13.4. The highest BCUT2D eigenvalue weighted by Crippen LogP contribution is 2.25. The first kappa shape index (κ1) is 18.2. The van der Waals surface area contributed by atoms with E-state index in [-0.39, 0.29) is 16.4 Å². The molecule has 0 saturated heterocycles. The molecule has 126 valence electrons. The van der Waals surface area contributed by atoms with Crippen LogP contribution in [0.15, 0.2) is 24.3 Å². The van der Waals surface area contributed by atoms with Crippen molar-refractivity contribution in [3.63, 3.8) is 0 Å². The molecular formula is C16H13Cl2FN2O3. The van der Waals surface area contributed by atoms with E-state index in [4.69, 9.17) is 27.9 Å². The van der Waals surface area contributed by atoms with Gasteiger partial charge in [-0.05, 0) is 37.6 Å². The van der Waals surface area contributed by atoms with Crippen molar-refractivity contribution in [1.82, 2.24) is 4.98 Å². The fourth-order valence-electron chi connectivity index (χ4n) is 1.75. The maximum Gasteiger partial charge on any atom is 0.338 e. The Hall–Kier alpha value is -2.18. The van der Waals surface area contributed by atoms with Crippen molar-refractivity contribution in [2.45, 2.75) is 13.8 Å². The van der Waals surface area contributed by atoms with Crippen LogP contribution in [0.3, 0.4) is 0 Å². The molecule has 8 heteroatoms. The van der Waals surface area contributed by atoms with Crippen molar-refractivity contribution in [3.05, 3.63) is 56.9 Å². The minimum Gasteiger partial charge on any atom is -0.452 e. The summed E-state index contributed by atoms with van der Waals surface area (Å²) in [6.07, 6.45) is 0. The third kappa shape index (κ3) is 4.43. The predicted octanol–water partition coefficient (Wildman–Crippen LogP) is 3.94. The Bertz CT molecular complexity index is 812. The first-order valence-corrected chi connectivity index (χ1v) is 7.59. The molecule has 5 nitrogen and oxygen atoms in total. The van der Waals surface area contributed by atoms with Gasteiger partial charge >= 0.3 is 5.97 Å². The van der Waals surface area contributed by atoms with Crippen LogP contribution in [0.2, 0.25) is 10.0 Å². The van der Waals surface area contributed by atoms with Crippen molar-refractivity contribution in [2.75, 3.05) is 11.9 Å². The zero-order valence-corrected chi connectivity index (χ0v) is 14.3. The number of esters is 1. The molecule has 1 amide bonds. The smallest absolute Gasteiger partial charge is 0.338 e. The number of hydrogen-bond acceptors (Lipinski definition) is 4. The Morgan fingerprint density at radius 1 is 1.21 bits per heavy atom. The molecule has 2 aromatic rings. The average molecular weight is 371 g/mol. The van der Waals surface area contributed by atoms with E-state index < -0.39 is 24.3 Å². The Labute approximate surface area is 147 Å². The summed E-state index contributed by atoms with van der Waals surface area (Å²) in [5.74, 6) is -1.86. The minimum atomic E-state index is -0.810. The van der Waals surface area contributed by atoms with Gasteiger partial charge in [0.2, 0.25) is 0 Å². The van der Waals surface area contributed by atoms with E-state index in [0.717, 1.165) is 6.07 Å². The first-order valence-electron chi connectivity index (χ1n) is 6.83. The number of rotatable bonds is 4. The van der Waals surface area contributed by atoms with Crippen molar-refractivity contribution >= 4 is 40.9 Å². The number of anilines is 1. The van der Waals surface area contributed by atoms with Crippen molar-refractivity contribution in [1.29, 1.82) is 0 Å². The van der Waals surface area contributed by atoms with E-state index in [1.165, 1.54) is 18.2 Å².